The van der Waals surface area contributed by atoms with Crippen molar-refractivity contribution in [1.29, 1.82) is 0 Å². The van der Waals surface area contributed by atoms with Crippen LogP contribution < -0.4 is 0 Å². The molecular weight excluding hydrogens is 322 g/mol. The van der Waals surface area contributed by atoms with Crippen molar-refractivity contribution in [2.75, 3.05) is 19.1 Å². The second-order valence-electron chi connectivity index (χ2n) is 5.63. The van der Waals surface area contributed by atoms with Gasteiger partial charge in [0.2, 0.25) is 0 Å². The van der Waals surface area contributed by atoms with Gasteiger partial charge in [-0.2, -0.15) is 0 Å². The fourth-order valence-electron chi connectivity index (χ4n) is 2.74. The van der Waals surface area contributed by atoms with Crippen LogP contribution in [0, 0.1) is 0 Å². The van der Waals surface area contributed by atoms with Gasteiger partial charge in [0, 0.05) is 39.4 Å². The van der Waals surface area contributed by atoms with Gasteiger partial charge in [-0.05, 0) is 50.4 Å². The predicted octanol–water partition coefficient (Wildman–Crippen LogP) is 3.39. The number of benzene rings is 1. The second-order valence-corrected chi connectivity index (χ2v) is 8.02. The van der Waals surface area contributed by atoms with Crippen LogP contribution in [0.5, 0.6) is 0 Å². The highest BCUT2D eigenvalue weighted by molar-refractivity contribution is 9.10. The molecule has 19 heavy (non-hydrogen) atoms. The van der Waals surface area contributed by atoms with E-state index in [-0.39, 0.29) is 0 Å². The van der Waals surface area contributed by atoms with Gasteiger partial charge in [0.05, 0.1) is 0 Å². The van der Waals surface area contributed by atoms with Crippen molar-refractivity contribution in [2.24, 2.45) is 0 Å². The zero-order chi connectivity index (χ0) is 14.0. The average molecular weight is 344 g/mol. The molecule has 1 aliphatic rings. The molecule has 0 amide bonds. The van der Waals surface area contributed by atoms with Crippen LogP contribution in [0.15, 0.2) is 28.7 Å². The Kier molecular flexibility index (Phi) is 5.21. The fraction of sp³-hybridized carbons (Fsp3) is 0.600. The van der Waals surface area contributed by atoms with Gasteiger partial charge in [0.25, 0.3) is 0 Å². The topological polar surface area (TPSA) is 20.3 Å². The monoisotopic (exact) mass is 343 g/mol. The van der Waals surface area contributed by atoms with Crippen LogP contribution in [0.4, 0.5) is 0 Å². The number of rotatable bonds is 5. The molecule has 0 aliphatic heterocycles. The molecule has 2 unspecified atom stereocenters. The van der Waals surface area contributed by atoms with Gasteiger partial charge in [-0.15, -0.1) is 0 Å². The summed E-state index contributed by atoms with van der Waals surface area (Å²) in [5, 5.41) is 0. The Morgan fingerprint density at radius 2 is 1.95 bits per heavy atom. The van der Waals surface area contributed by atoms with Gasteiger partial charge in [0.1, 0.15) is 0 Å². The van der Waals surface area contributed by atoms with E-state index in [1.165, 1.54) is 18.4 Å². The summed E-state index contributed by atoms with van der Waals surface area (Å²) in [4.78, 5) is 2.40. The number of halogens is 1. The third-order valence-corrected chi connectivity index (χ3v) is 5.68. The summed E-state index contributed by atoms with van der Waals surface area (Å²) in [7, 11) is 1.46. The normalized spacial score (nSPS) is 25.9. The first kappa shape index (κ1) is 15.2. The Balaban J connectivity index is 1.85. The smallest absolute Gasteiger partial charge is 0.0385 e. The van der Waals surface area contributed by atoms with Crippen molar-refractivity contribution < 1.29 is 4.21 Å². The summed E-state index contributed by atoms with van der Waals surface area (Å²) >= 11 is 3.47. The molecule has 106 valence electrons. The molecular formula is C15H22BrNOS. The molecule has 0 saturated heterocycles. The lowest BCUT2D eigenvalue weighted by Crippen LogP contribution is -2.47. The molecule has 0 N–H and O–H groups in total. The van der Waals surface area contributed by atoms with Crippen molar-refractivity contribution >= 4 is 26.7 Å². The highest BCUT2D eigenvalue weighted by atomic mass is 79.9. The van der Waals surface area contributed by atoms with Gasteiger partial charge < -0.3 is 0 Å². The Morgan fingerprint density at radius 1 is 1.37 bits per heavy atom. The molecule has 1 aromatic carbocycles. The first-order valence-electron chi connectivity index (χ1n) is 6.74. The minimum absolute atomic E-state index is 0.404. The lowest BCUT2D eigenvalue weighted by Gasteiger charge is -2.44. The molecule has 0 spiro atoms. The van der Waals surface area contributed by atoms with Crippen LogP contribution in [0.1, 0.15) is 31.2 Å². The minimum Gasteiger partial charge on any atom is -0.300 e. The van der Waals surface area contributed by atoms with E-state index in [0.717, 1.165) is 10.2 Å². The molecule has 2 rings (SSSR count). The molecule has 0 radical (unpaired) electrons. The molecule has 2 atom stereocenters. The van der Waals surface area contributed by atoms with Gasteiger partial charge in [-0.1, -0.05) is 28.1 Å². The van der Waals surface area contributed by atoms with Crippen LogP contribution in [-0.2, 0) is 10.8 Å². The molecule has 1 saturated carbocycles. The lowest BCUT2D eigenvalue weighted by molar-refractivity contribution is 0.109. The van der Waals surface area contributed by atoms with E-state index < -0.39 is 10.8 Å². The molecule has 4 heteroatoms. The summed E-state index contributed by atoms with van der Waals surface area (Å²) in [6.07, 6.45) is 4.23. The Labute approximate surface area is 127 Å². The van der Waals surface area contributed by atoms with E-state index >= 15 is 0 Å². The van der Waals surface area contributed by atoms with E-state index in [9.17, 15) is 4.21 Å². The lowest BCUT2D eigenvalue weighted by atomic mass is 9.75. The van der Waals surface area contributed by atoms with E-state index in [2.05, 4.69) is 59.1 Å². The maximum absolute atomic E-state index is 11.3. The zero-order valence-corrected chi connectivity index (χ0v) is 14.2. The van der Waals surface area contributed by atoms with Crippen LogP contribution in [-0.4, -0.2) is 40.2 Å². The van der Waals surface area contributed by atoms with E-state index in [0.29, 0.717) is 18.0 Å². The molecule has 0 heterocycles. The molecule has 1 aliphatic carbocycles. The summed E-state index contributed by atoms with van der Waals surface area (Å²) in [6, 6.07) is 9.73. The van der Waals surface area contributed by atoms with Crippen LogP contribution in [0.2, 0.25) is 0 Å². The number of hydrogen-bond donors (Lipinski definition) is 0. The highest BCUT2D eigenvalue weighted by Crippen LogP contribution is 2.40. The predicted molar refractivity (Wildman–Crippen MR) is 86.1 cm³/mol. The average Bonchev–Trinajstić information content (AvgIpc) is 2.28. The maximum Gasteiger partial charge on any atom is 0.0385 e. The third-order valence-electron chi connectivity index (χ3n) is 4.20. The fourth-order valence-corrected chi connectivity index (χ4v) is 3.92. The van der Waals surface area contributed by atoms with Crippen molar-refractivity contribution in [3.05, 3.63) is 34.3 Å². The van der Waals surface area contributed by atoms with Gasteiger partial charge in [0.15, 0.2) is 0 Å². The quantitative estimate of drug-likeness (QED) is 0.816. The summed E-state index contributed by atoms with van der Waals surface area (Å²) < 4.78 is 12.4. The Bertz CT molecular complexity index is 442. The van der Waals surface area contributed by atoms with Crippen LogP contribution in [0.25, 0.3) is 0 Å². The molecule has 2 nitrogen and oxygen atoms in total. The van der Waals surface area contributed by atoms with Crippen molar-refractivity contribution in [2.45, 2.75) is 37.8 Å². The molecule has 1 aromatic rings. The Morgan fingerprint density at radius 3 is 2.47 bits per heavy atom. The van der Waals surface area contributed by atoms with Crippen molar-refractivity contribution in [3.63, 3.8) is 0 Å². The van der Waals surface area contributed by atoms with Crippen LogP contribution in [0.3, 0.4) is 0 Å². The van der Waals surface area contributed by atoms with Crippen molar-refractivity contribution in [3.8, 4) is 0 Å². The third kappa shape index (κ3) is 3.89. The zero-order valence-electron chi connectivity index (χ0n) is 11.8. The first-order valence-corrected chi connectivity index (χ1v) is 9.26. The van der Waals surface area contributed by atoms with E-state index in [1.807, 2.05) is 0 Å². The van der Waals surface area contributed by atoms with Crippen molar-refractivity contribution in [1.82, 2.24) is 4.90 Å². The number of hydrogen-bond acceptors (Lipinski definition) is 2. The van der Waals surface area contributed by atoms with Gasteiger partial charge in [-0.3, -0.25) is 9.11 Å². The highest BCUT2D eigenvalue weighted by Gasteiger charge is 2.34. The minimum atomic E-state index is -0.705. The summed E-state index contributed by atoms with van der Waals surface area (Å²) in [6.45, 7) is 2.17. The largest absolute Gasteiger partial charge is 0.300 e. The van der Waals surface area contributed by atoms with E-state index in [4.69, 9.17) is 0 Å². The summed E-state index contributed by atoms with van der Waals surface area (Å²) in [5.41, 5.74) is 1.44. The molecule has 0 aromatic heterocycles. The Hall–Kier alpha value is -0.190. The first-order chi connectivity index (χ1) is 8.97. The van der Waals surface area contributed by atoms with Gasteiger partial charge >= 0.3 is 0 Å². The molecule has 0 bridgehead atoms. The maximum atomic E-state index is 11.3. The van der Waals surface area contributed by atoms with Gasteiger partial charge in [-0.25, -0.2) is 0 Å². The molecule has 1 fully saturated rings. The SMILES string of the molecule is CC(CS(C)=O)N(C)C1CC(c2ccc(Br)cc2)C1. The standard InChI is InChI=1S/C15H22BrNOS/c1-11(10-19(3)18)17(2)15-8-13(9-15)12-4-6-14(16)7-5-12/h4-7,11,13,15H,8-10H2,1-3H3. The van der Waals surface area contributed by atoms with E-state index in [1.54, 1.807) is 6.26 Å². The number of nitrogens with zero attached hydrogens (tertiary/aromatic N) is 1. The second kappa shape index (κ2) is 6.51. The van der Waals surface area contributed by atoms with Crippen LogP contribution >= 0.6 is 15.9 Å². The summed E-state index contributed by atoms with van der Waals surface area (Å²) in [5.74, 6) is 1.47.